The van der Waals surface area contributed by atoms with Gasteiger partial charge in [-0.15, -0.1) is 6.58 Å². The highest BCUT2D eigenvalue weighted by molar-refractivity contribution is 6.33. The largest absolute Gasteiger partial charge is 0.278 e. The smallest absolute Gasteiger partial charge is 0.276 e. The highest BCUT2D eigenvalue weighted by atomic mass is 35.5. The van der Waals surface area contributed by atoms with Gasteiger partial charge in [-0.25, -0.2) is 4.98 Å². The normalized spacial score (nSPS) is 11.1. The van der Waals surface area contributed by atoms with E-state index in [0.29, 0.717) is 27.7 Å². The number of halogens is 2. The summed E-state index contributed by atoms with van der Waals surface area (Å²) in [6, 6.07) is 15.0. The molecule has 4 nitrogen and oxygen atoms in total. The molecule has 0 amide bonds. The van der Waals surface area contributed by atoms with Crippen LogP contribution in [0.1, 0.15) is 5.56 Å². The third-order valence-electron chi connectivity index (χ3n) is 4.72. The number of aromatic nitrogens is 3. The molecular weight excluding hydrogens is 393 g/mol. The fraction of sp³-hybridized carbons (Fsp3) is 0.0909. The van der Waals surface area contributed by atoms with Crippen LogP contribution in [0.15, 0.2) is 72.2 Å². The summed E-state index contributed by atoms with van der Waals surface area (Å²) in [5.41, 5.74) is 4.40. The number of aryl methyl sites for hydroxylation is 1. The number of allylic oxidation sites excluding steroid dienone is 1. The summed E-state index contributed by atoms with van der Waals surface area (Å²) in [5, 5.41) is 1.24. The first kappa shape index (κ1) is 18.5. The van der Waals surface area contributed by atoms with Crippen LogP contribution in [0.4, 0.5) is 0 Å². The Labute approximate surface area is 172 Å². The average Bonchev–Trinajstić information content (AvgIpc) is 2.98. The van der Waals surface area contributed by atoms with Crippen LogP contribution in [0.25, 0.3) is 28.0 Å². The van der Waals surface area contributed by atoms with E-state index in [4.69, 9.17) is 23.2 Å². The van der Waals surface area contributed by atoms with Gasteiger partial charge in [-0.1, -0.05) is 59.6 Å². The molecule has 0 radical (unpaired) electrons. The van der Waals surface area contributed by atoms with Crippen LogP contribution in [0, 0.1) is 0 Å². The van der Waals surface area contributed by atoms with E-state index in [9.17, 15) is 4.79 Å². The zero-order valence-electron chi connectivity index (χ0n) is 15.2. The van der Waals surface area contributed by atoms with Gasteiger partial charge in [0.15, 0.2) is 5.65 Å². The van der Waals surface area contributed by atoms with Gasteiger partial charge in [-0.3, -0.25) is 9.48 Å². The minimum Gasteiger partial charge on any atom is -0.278 e. The second-order valence-electron chi connectivity index (χ2n) is 6.45. The van der Waals surface area contributed by atoms with Crippen molar-refractivity contribution in [1.29, 1.82) is 0 Å². The van der Waals surface area contributed by atoms with Crippen molar-refractivity contribution in [3.8, 4) is 22.4 Å². The van der Waals surface area contributed by atoms with Gasteiger partial charge in [0.2, 0.25) is 0 Å². The highest BCUT2D eigenvalue weighted by Gasteiger charge is 2.22. The van der Waals surface area contributed by atoms with Gasteiger partial charge >= 0.3 is 0 Å². The number of benzene rings is 2. The van der Waals surface area contributed by atoms with Crippen molar-refractivity contribution in [2.75, 3.05) is 0 Å². The molecule has 0 aliphatic carbocycles. The molecule has 140 valence electrons. The first-order valence-corrected chi connectivity index (χ1v) is 9.50. The van der Waals surface area contributed by atoms with Gasteiger partial charge in [0.25, 0.3) is 5.56 Å². The molecule has 4 rings (SSSR count). The van der Waals surface area contributed by atoms with E-state index in [1.54, 1.807) is 16.8 Å². The van der Waals surface area contributed by atoms with Crippen LogP contribution < -0.4 is 5.56 Å². The molecule has 0 unspecified atom stereocenters. The zero-order chi connectivity index (χ0) is 19.8. The molecule has 0 N–H and O–H groups in total. The van der Waals surface area contributed by atoms with Crippen LogP contribution in [0.3, 0.4) is 0 Å². The summed E-state index contributed by atoms with van der Waals surface area (Å²) in [4.78, 5) is 17.7. The Morgan fingerprint density at radius 1 is 1.11 bits per heavy atom. The molecule has 0 aliphatic rings. The molecule has 2 aromatic carbocycles. The minimum atomic E-state index is -0.124. The lowest BCUT2D eigenvalue weighted by atomic mass is 10.0. The van der Waals surface area contributed by atoms with Crippen molar-refractivity contribution in [3.05, 3.63) is 93.3 Å². The molecule has 2 heterocycles. The standard InChI is InChI=1S/C22H17Cl2N3O/c1-3-6-15-13-25-21-19(14-9-11-16(23)12-10-14)20(26(2)27(21)22(15)28)17-7-4-5-8-18(17)24/h3-5,7-13H,1,6H2,2H3. The minimum absolute atomic E-state index is 0.124. The Hall–Kier alpha value is -2.82. The van der Waals surface area contributed by atoms with Crippen molar-refractivity contribution in [1.82, 2.24) is 14.2 Å². The van der Waals surface area contributed by atoms with E-state index in [-0.39, 0.29) is 5.56 Å². The quantitative estimate of drug-likeness (QED) is 0.423. The maximum absolute atomic E-state index is 13.1. The first-order chi connectivity index (χ1) is 13.5. The zero-order valence-corrected chi connectivity index (χ0v) is 16.7. The number of hydrogen-bond acceptors (Lipinski definition) is 2. The Morgan fingerprint density at radius 2 is 1.82 bits per heavy atom. The summed E-state index contributed by atoms with van der Waals surface area (Å²) >= 11 is 12.6. The van der Waals surface area contributed by atoms with E-state index in [2.05, 4.69) is 11.6 Å². The predicted molar refractivity (Wildman–Crippen MR) is 115 cm³/mol. The van der Waals surface area contributed by atoms with Crippen molar-refractivity contribution < 1.29 is 0 Å². The predicted octanol–water partition coefficient (Wildman–Crippen LogP) is 5.40. The SMILES string of the molecule is C=CCc1cnc2c(-c3ccc(Cl)cc3)c(-c3ccccc3Cl)n(C)n2c1=O. The molecule has 0 atom stereocenters. The molecule has 0 aliphatic heterocycles. The molecule has 28 heavy (non-hydrogen) atoms. The number of fused-ring (bicyclic) bond motifs is 1. The van der Waals surface area contributed by atoms with Gasteiger partial charge < -0.3 is 0 Å². The summed E-state index contributed by atoms with van der Waals surface area (Å²) < 4.78 is 3.39. The topological polar surface area (TPSA) is 39.3 Å². The Kier molecular flexibility index (Phi) is 4.84. The van der Waals surface area contributed by atoms with Gasteiger partial charge in [0, 0.05) is 34.4 Å². The second kappa shape index (κ2) is 7.30. The van der Waals surface area contributed by atoms with Gasteiger partial charge in [0.05, 0.1) is 11.3 Å². The number of hydrogen-bond donors (Lipinski definition) is 0. The van der Waals surface area contributed by atoms with Crippen LogP contribution >= 0.6 is 23.2 Å². The van der Waals surface area contributed by atoms with Crippen LogP contribution in [0.5, 0.6) is 0 Å². The van der Waals surface area contributed by atoms with Gasteiger partial charge in [-0.2, -0.15) is 4.52 Å². The Balaban J connectivity index is 2.16. The monoisotopic (exact) mass is 409 g/mol. The summed E-state index contributed by atoms with van der Waals surface area (Å²) in [7, 11) is 1.84. The average molecular weight is 410 g/mol. The molecule has 0 fully saturated rings. The van der Waals surface area contributed by atoms with E-state index in [0.717, 1.165) is 22.4 Å². The Morgan fingerprint density at radius 3 is 2.50 bits per heavy atom. The van der Waals surface area contributed by atoms with Gasteiger partial charge in [-0.05, 0) is 30.2 Å². The maximum Gasteiger partial charge on any atom is 0.276 e. The van der Waals surface area contributed by atoms with Gasteiger partial charge in [0.1, 0.15) is 0 Å². The van der Waals surface area contributed by atoms with E-state index < -0.39 is 0 Å². The van der Waals surface area contributed by atoms with Crippen molar-refractivity contribution in [2.45, 2.75) is 6.42 Å². The van der Waals surface area contributed by atoms with E-state index in [1.165, 1.54) is 0 Å². The molecule has 0 spiro atoms. The summed E-state index contributed by atoms with van der Waals surface area (Å²) in [6.45, 7) is 3.72. The number of nitrogens with zero attached hydrogens (tertiary/aromatic N) is 3. The fourth-order valence-corrected chi connectivity index (χ4v) is 3.79. The van der Waals surface area contributed by atoms with Crippen LogP contribution in [0.2, 0.25) is 10.0 Å². The third-order valence-corrected chi connectivity index (χ3v) is 5.30. The molecule has 6 heteroatoms. The fourth-order valence-electron chi connectivity index (χ4n) is 3.44. The Bertz CT molecular complexity index is 1250. The first-order valence-electron chi connectivity index (χ1n) is 8.74. The second-order valence-corrected chi connectivity index (χ2v) is 7.29. The van der Waals surface area contributed by atoms with Crippen LogP contribution in [-0.4, -0.2) is 14.2 Å². The van der Waals surface area contributed by atoms with E-state index in [1.807, 2.05) is 60.3 Å². The molecular formula is C22H17Cl2N3O. The lowest BCUT2D eigenvalue weighted by Crippen LogP contribution is -2.23. The van der Waals surface area contributed by atoms with Crippen LogP contribution in [-0.2, 0) is 13.5 Å². The van der Waals surface area contributed by atoms with E-state index >= 15 is 0 Å². The third kappa shape index (κ3) is 2.95. The lowest BCUT2D eigenvalue weighted by molar-refractivity contribution is 0.681. The molecule has 0 saturated heterocycles. The molecule has 4 aromatic rings. The van der Waals surface area contributed by atoms with Crippen molar-refractivity contribution in [3.63, 3.8) is 0 Å². The molecule has 0 bridgehead atoms. The van der Waals surface area contributed by atoms with Crippen molar-refractivity contribution >= 4 is 28.8 Å². The molecule has 2 aromatic heterocycles. The highest BCUT2D eigenvalue weighted by Crippen LogP contribution is 2.38. The summed E-state index contributed by atoms with van der Waals surface area (Å²) in [5.74, 6) is 0. The lowest BCUT2D eigenvalue weighted by Gasteiger charge is -2.09. The number of rotatable bonds is 4. The maximum atomic E-state index is 13.1. The summed E-state index contributed by atoms with van der Waals surface area (Å²) in [6.07, 6.45) is 3.77. The van der Waals surface area contributed by atoms with Crippen molar-refractivity contribution in [2.24, 2.45) is 7.05 Å². The molecule has 0 saturated carbocycles.